The van der Waals surface area contributed by atoms with E-state index < -0.39 is 5.41 Å². The number of aromatic nitrogens is 3. The average Bonchev–Trinajstić information content (AvgIpc) is 3.49. The lowest BCUT2D eigenvalue weighted by atomic mass is 9.67. The SMILES string of the molecule is c1ccc(-c2cc(-c3cccnc3-c3ccc4c(c3)C(c3ccccc3)(c3ccccc3)c3ccccc3-4)nc(-c3ccccc3)n2)cc1. The van der Waals surface area contributed by atoms with Crippen molar-refractivity contribution in [3.8, 4) is 56.3 Å². The molecule has 49 heavy (non-hydrogen) atoms. The van der Waals surface area contributed by atoms with Crippen molar-refractivity contribution in [2.75, 3.05) is 0 Å². The van der Waals surface area contributed by atoms with Crippen LogP contribution < -0.4 is 0 Å². The van der Waals surface area contributed by atoms with Crippen molar-refractivity contribution in [3.05, 3.63) is 210 Å². The third-order valence-corrected chi connectivity index (χ3v) is 9.64. The summed E-state index contributed by atoms with van der Waals surface area (Å²) in [6, 6.07) is 64.2. The molecule has 6 aromatic carbocycles. The van der Waals surface area contributed by atoms with E-state index in [1.54, 1.807) is 0 Å². The third-order valence-electron chi connectivity index (χ3n) is 9.64. The van der Waals surface area contributed by atoms with Gasteiger partial charge < -0.3 is 0 Å². The molecule has 2 heterocycles. The number of benzene rings is 6. The van der Waals surface area contributed by atoms with Gasteiger partial charge in [-0.3, -0.25) is 4.98 Å². The van der Waals surface area contributed by atoms with Gasteiger partial charge in [0.1, 0.15) is 0 Å². The number of pyridine rings is 1. The lowest BCUT2D eigenvalue weighted by Gasteiger charge is -2.34. The Kier molecular flexibility index (Phi) is 7.02. The van der Waals surface area contributed by atoms with Gasteiger partial charge in [0.15, 0.2) is 5.82 Å². The first-order valence-electron chi connectivity index (χ1n) is 16.6. The summed E-state index contributed by atoms with van der Waals surface area (Å²) in [5.74, 6) is 0.684. The molecule has 0 spiro atoms. The molecule has 230 valence electrons. The topological polar surface area (TPSA) is 38.7 Å². The van der Waals surface area contributed by atoms with E-state index in [9.17, 15) is 0 Å². The van der Waals surface area contributed by atoms with Crippen LogP contribution in [-0.4, -0.2) is 15.0 Å². The summed E-state index contributed by atoms with van der Waals surface area (Å²) in [7, 11) is 0. The molecular weight excluding hydrogens is 595 g/mol. The number of rotatable bonds is 6. The van der Waals surface area contributed by atoms with E-state index in [-0.39, 0.29) is 0 Å². The molecule has 1 aliphatic carbocycles. The minimum atomic E-state index is -0.491. The predicted octanol–water partition coefficient (Wildman–Crippen LogP) is 10.9. The summed E-state index contributed by atoms with van der Waals surface area (Å²) < 4.78 is 0. The Morgan fingerprint density at radius 3 is 1.61 bits per heavy atom. The van der Waals surface area contributed by atoms with Gasteiger partial charge in [0.2, 0.25) is 0 Å². The fraction of sp³-hybridized carbons (Fsp3) is 0.0217. The number of hydrogen-bond donors (Lipinski definition) is 0. The molecule has 1 aliphatic rings. The highest BCUT2D eigenvalue weighted by atomic mass is 14.9. The van der Waals surface area contributed by atoms with E-state index >= 15 is 0 Å². The first kappa shape index (κ1) is 28.7. The van der Waals surface area contributed by atoms with Crippen LogP contribution in [0.15, 0.2) is 188 Å². The Labute approximate surface area is 286 Å². The molecule has 0 saturated carbocycles. The summed E-state index contributed by atoms with van der Waals surface area (Å²) in [5, 5.41) is 0. The Morgan fingerprint density at radius 2 is 0.918 bits per heavy atom. The van der Waals surface area contributed by atoms with E-state index in [1.165, 1.54) is 33.4 Å². The van der Waals surface area contributed by atoms with Crippen molar-refractivity contribution in [2.45, 2.75) is 5.41 Å². The van der Waals surface area contributed by atoms with Crippen LogP contribution in [-0.2, 0) is 5.41 Å². The number of fused-ring (bicyclic) bond motifs is 3. The molecule has 0 radical (unpaired) electrons. The molecule has 2 aromatic heterocycles. The zero-order valence-corrected chi connectivity index (χ0v) is 26.7. The third kappa shape index (κ3) is 4.78. The summed E-state index contributed by atoms with van der Waals surface area (Å²) in [6.07, 6.45) is 1.87. The molecule has 0 unspecified atom stereocenters. The summed E-state index contributed by atoms with van der Waals surface area (Å²) in [4.78, 5) is 15.2. The van der Waals surface area contributed by atoms with Crippen molar-refractivity contribution in [1.29, 1.82) is 0 Å². The van der Waals surface area contributed by atoms with Crippen LogP contribution in [0.4, 0.5) is 0 Å². The van der Waals surface area contributed by atoms with Crippen LogP contribution >= 0.6 is 0 Å². The average molecular weight is 626 g/mol. The molecule has 9 rings (SSSR count). The maximum atomic E-state index is 5.16. The van der Waals surface area contributed by atoms with E-state index in [0.29, 0.717) is 5.82 Å². The first-order valence-corrected chi connectivity index (χ1v) is 16.6. The first-order chi connectivity index (χ1) is 24.3. The van der Waals surface area contributed by atoms with Gasteiger partial charge in [0.05, 0.1) is 22.5 Å². The Balaban J connectivity index is 1.28. The highest BCUT2D eigenvalue weighted by Crippen LogP contribution is 2.56. The number of nitrogens with zero attached hydrogens (tertiary/aromatic N) is 3. The van der Waals surface area contributed by atoms with Crippen molar-refractivity contribution < 1.29 is 0 Å². The Hall–Kier alpha value is -6.45. The van der Waals surface area contributed by atoms with Crippen LogP contribution in [0.3, 0.4) is 0 Å². The second-order valence-electron chi connectivity index (χ2n) is 12.4. The quantitative estimate of drug-likeness (QED) is 0.185. The predicted molar refractivity (Wildman–Crippen MR) is 199 cm³/mol. The Bertz CT molecular complexity index is 2320. The summed E-state index contributed by atoms with van der Waals surface area (Å²) in [5.41, 5.74) is 13.6. The summed E-state index contributed by atoms with van der Waals surface area (Å²) >= 11 is 0. The largest absolute Gasteiger partial charge is 0.256 e. The van der Waals surface area contributed by atoms with Crippen LogP contribution in [0, 0.1) is 0 Å². The second kappa shape index (κ2) is 12.0. The molecule has 0 atom stereocenters. The van der Waals surface area contributed by atoms with Gasteiger partial charge in [-0.05, 0) is 57.6 Å². The van der Waals surface area contributed by atoms with Crippen molar-refractivity contribution in [3.63, 3.8) is 0 Å². The highest BCUT2D eigenvalue weighted by Gasteiger charge is 2.46. The van der Waals surface area contributed by atoms with Gasteiger partial charge in [0.25, 0.3) is 0 Å². The van der Waals surface area contributed by atoms with Gasteiger partial charge in [-0.2, -0.15) is 0 Å². The van der Waals surface area contributed by atoms with Crippen LogP contribution in [0.1, 0.15) is 22.3 Å². The van der Waals surface area contributed by atoms with Crippen LogP contribution in [0.25, 0.3) is 56.3 Å². The zero-order chi connectivity index (χ0) is 32.6. The van der Waals surface area contributed by atoms with E-state index in [0.717, 1.165) is 39.3 Å². The zero-order valence-electron chi connectivity index (χ0n) is 26.7. The van der Waals surface area contributed by atoms with Crippen LogP contribution in [0.5, 0.6) is 0 Å². The van der Waals surface area contributed by atoms with Gasteiger partial charge >= 0.3 is 0 Å². The number of hydrogen-bond acceptors (Lipinski definition) is 3. The maximum absolute atomic E-state index is 5.16. The minimum absolute atomic E-state index is 0.491. The van der Waals surface area contributed by atoms with Gasteiger partial charge in [-0.1, -0.05) is 158 Å². The van der Waals surface area contributed by atoms with Crippen molar-refractivity contribution in [2.24, 2.45) is 0 Å². The second-order valence-corrected chi connectivity index (χ2v) is 12.4. The van der Waals surface area contributed by atoms with E-state index in [1.807, 2.05) is 48.7 Å². The van der Waals surface area contributed by atoms with Crippen molar-refractivity contribution >= 4 is 0 Å². The molecule has 0 fully saturated rings. The molecule has 0 N–H and O–H groups in total. The highest BCUT2D eigenvalue weighted by molar-refractivity contribution is 5.90. The fourth-order valence-electron chi connectivity index (χ4n) is 7.49. The van der Waals surface area contributed by atoms with Crippen molar-refractivity contribution in [1.82, 2.24) is 15.0 Å². The lowest BCUT2D eigenvalue weighted by Crippen LogP contribution is -2.28. The minimum Gasteiger partial charge on any atom is -0.256 e. The maximum Gasteiger partial charge on any atom is 0.160 e. The molecular formula is C46H31N3. The molecule has 0 aliphatic heterocycles. The molecule has 0 amide bonds. The molecule has 8 aromatic rings. The smallest absolute Gasteiger partial charge is 0.160 e. The lowest BCUT2D eigenvalue weighted by molar-refractivity contribution is 0.768. The molecule has 0 bridgehead atoms. The van der Waals surface area contributed by atoms with Gasteiger partial charge in [-0.15, -0.1) is 0 Å². The van der Waals surface area contributed by atoms with E-state index in [2.05, 4.69) is 140 Å². The fourth-order valence-corrected chi connectivity index (χ4v) is 7.49. The molecule has 3 heteroatoms. The van der Waals surface area contributed by atoms with E-state index in [4.69, 9.17) is 15.0 Å². The normalized spacial score (nSPS) is 12.7. The monoisotopic (exact) mass is 625 g/mol. The van der Waals surface area contributed by atoms with Gasteiger partial charge in [0, 0.05) is 28.5 Å². The molecule has 0 saturated heterocycles. The Morgan fingerprint density at radius 1 is 0.367 bits per heavy atom. The van der Waals surface area contributed by atoms with Gasteiger partial charge in [-0.25, -0.2) is 9.97 Å². The summed E-state index contributed by atoms with van der Waals surface area (Å²) in [6.45, 7) is 0. The van der Waals surface area contributed by atoms with Crippen LogP contribution in [0.2, 0.25) is 0 Å². The standard InChI is InChI=1S/C46H31N3/c1-5-16-32(17-6-1)42-31-43(49-45(48-42)33-18-7-2-8-19-33)39-25-15-29-47-44(39)34-27-28-38-37-24-13-14-26-40(37)46(41(38)30-34,35-20-9-3-10-21-35)36-22-11-4-12-23-36/h1-31H. The molecule has 3 nitrogen and oxygen atoms in total.